The Balaban J connectivity index is 2.14. The molecule has 0 amide bonds. The number of aromatic nitrogens is 1. The Bertz CT molecular complexity index is 539. The Morgan fingerprint density at radius 2 is 2.11 bits per heavy atom. The molecule has 1 aromatic rings. The molecule has 1 aliphatic rings. The summed E-state index contributed by atoms with van der Waals surface area (Å²) >= 11 is 0. The third-order valence-corrected chi connectivity index (χ3v) is 4.66. The molecule has 98 valence electrons. The van der Waals surface area contributed by atoms with Gasteiger partial charge in [-0.2, -0.15) is 0 Å². The van der Waals surface area contributed by atoms with Crippen LogP contribution < -0.4 is 10.6 Å². The molecule has 0 radical (unpaired) electrons. The van der Waals surface area contributed by atoms with Crippen LogP contribution in [0.5, 0.6) is 0 Å². The Hall–Kier alpha value is -1.63. The van der Waals surface area contributed by atoms with Crippen LogP contribution in [0.15, 0.2) is 18.3 Å². The minimum atomic E-state index is -2.90. The summed E-state index contributed by atoms with van der Waals surface area (Å²) in [5.41, 5.74) is 6.63. The van der Waals surface area contributed by atoms with E-state index in [0.717, 1.165) is 5.69 Å². The first-order valence-corrected chi connectivity index (χ1v) is 7.56. The van der Waals surface area contributed by atoms with E-state index in [-0.39, 0.29) is 17.3 Å². The molecule has 2 rings (SSSR count). The standard InChI is InChI=1S/C11H16N4O2S/c12-11(13)10-3-2-9(8-14-10)15-4-1-6-18(16,17)7-5-15/h2-3,8H,1,4-7H2,(H3,12,13). The van der Waals surface area contributed by atoms with Gasteiger partial charge < -0.3 is 10.6 Å². The lowest BCUT2D eigenvalue weighted by Crippen LogP contribution is -2.27. The summed E-state index contributed by atoms with van der Waals surface area (Å²) in [5.74, 6) is 0.365. The highest BCUT2D eigenvalue weighted by Gasteiger charge is 2.19. The highest BCUT2D eigenvalue weighted by Crippen LogP contribution is 2.16. The number of sulfone groups is 1. The average molecular weight is 268 g/mol. The molecule has 7 heteroatoms. The van der Waals surface area contributed by atoms with E-state index in [9.17, 15) is 8.42 Å². The zero-order valence-corrected chi connectivity index (χ0v) is 10.8. The fraction of sp³-hybridized carbons (Fsp3) is 0.455. The van der Waals surface area contributed by atoms with Gasteiger partial charge >= 0.3 is 0 Å². The molecule has 0 spiro atoms. The van der Waals surface area contributed by atoms with Crippen LogP contribution in [-0.2, 0) is 9.84 Å². The minimum Gasteiger partial charge on any atom is -0.382 e. The third kappa shape index (κ3) is 2.98. The first-order chi connectivity index (χ1) is 8.48. The molecule has 1 fully saturated rings. The molecule has 18 heavy (non-hydrogen) atoms. The lowest BCUT2D eigenvalue weighted by molar-refractivity contribution is 0.597. The monoisotopic (exact) mass is 268 g/mol. The molecule has 0 atom stereocenters. The van der Waals surface area contributed by atoms with Gasteiger partial charge in [0.25, 0.3) is 0 Å². The number of hydrogen-bond donors (Lipinski definition) is 2. The van der Waals surface area contributed by atoms with Gasteiger partial charge in [-0.3, -0.25) is 10.4 Å². The number of rotatable bonds is 2. The summed E-state index contributed by atoms with van der Waals surface area (Å²) in [5, 5.41) is 7.26. The molecule has 0 aromatic carbocycles. The van der Waals surface area contributed by atoms with E-state index in [4.69, 9.17) is 11.1 Å². The summed E-state index contributed by atoms with van der Waals surface area (Å²) in [6.45, 7) is 1.20. The van der Waals surface area contributed by atoms with E-state index in [2.05, 4.69) is 4.98 Å². The van der Waals surface area contributed by atoms with E-state index in [1.54, 1.807) is 12.3 Å². The maximum atomic E-state index is 11.5. The highest BCUT2D eigenvalue weighted by atomic mass is 32.2. The zero-order valence-electron chi connectivity index (χ0n) is 9.96. The van der Waals surface area contributed by atoms with Crippen molar-refractivity contribution in [2.75, 3.05) is 29.5 Å². The second-order valence-electron chi connectivity index (χ2n) is 4.31. The first kappa shape index (κ1) is 12.8. The van der Waals surface area contributed by atoms with Gasteiger partial charge in [-0.1, -0.05) is 0 Å². The third-order valence-electron chi connectivity index (χ3n) is 2.94. The smallest absolute Gasteiger partial charge is 0.152 e. The van der Waals surface area contributed by atoms with Gasteiger partial charge in [0.1, 0.15) is 11.5 Å². The van der Waals surface area contributed by atoms with E-state index in [1.165, 1.54) is 0 Å². The van der Waals surface area contributed by atoms with Crippen LogP contribution in [0.4, 0.5) is 5.69 Å². The second kappa shape index (κ2) is 4.93. The topological polar surface area (TPSA) is 100 Å². The van der Waals surface area contributed by atoms with Crippen molar-refractivity contribution in [3.63, 3.8) is 0 Å². The molecule has 3 N–H and O–H groups in total. The van der Waals surface area contributed by atoms with Crippen LogP contribution >= 0.6 is 0 Å². The van der Waals surface area contributed by atoms with Gasteiger partial charge in [0, 0.05) is 13.1 Å². The van der Waals surface area contributed by atoms with Crippen LogP contribution in [0.3, 0.4) is 0 Å². The average Bonchev–Trinajstić information content (AvgIpc) is 2.50. The van der Waals surface area contributed by atoms with Crippen molar-refractivity contribution in [1.29, 1.82) is 5.41 Å². The number of nitrogens with one attached hydrogen (secondary N) is 1. The fourth-order valence-electron chi connectivity index (χ4n) is 1.93. The van der Waals surface area contributed by atoms with Gasteiger partial charge in [-0.15, -0.1) is 0 Å². The Kier molecular flexibility index (Phi) is 3.51. The molecule has 0 aliphatic carbocycles. The highest BCUT2D eigenvalue weighted by molar-refractivity contribution is 7.91. The molecule has 0 unspecified atom stereocenters. The quantitative estimate of drug-likeness (QED) is 0.580. The van der Waals surface area contributed by atoms with Crippen LogP contribution in [0.1, 0.15) is 12.1 Å². The van der Waals surface area contributed by atoms with Gasteiger partial charge in [0.2, 0.25) is 0 Å². The number of pyridine rings is 1. The number of amidine groups is 1. The van der Waals surface area contributed by atoms with Gasteiger partial charge in [0.15, 0.2) is 9.84 Å². The predicted molar refractivity (Wildman–Crippen MR) is 70.7 cm³/mol. The maximum absolute atomic E-state index is 11.5. The Labute approximate surface area is 106 Å². The molecule has 1 saturated heterocycles. The number of nitrogens with zero attached hydrogens (tertiary/aromatic N) is 2. The number of hydrogen-bond acceptors (Lipinski definition) is 5. The van der Waals surface area contributed by atoms with Gasteiger partial charge in [0.05, 0.1) is 23.4 Å². The Morgan fingerprint density at radius 3 is 2.72 bits per heavy atom. The van der Waals surface area contributed by atoms with Crippen molar-refractivity contribution in [2.24, 2.45) is 5.73 Å². The minimum absolute atomic E-state index is 0.0694. The Morgan fingerprint density at radius 1 is 1.33 bits per heavy atom. The second-order valence-corrected chi connectivity index (χ2v) is 6.61. The van der Waals surface area contributed by atoms with Gasteiger partial charge in [-0.05, 0) is 18.6 Å². The fourth-order valence-corrected chi connectivity index (χ4v) is 3.20. The molecule has 0 bridgehead atoms. The van der Waals surface area contributed by atoms with Crippen molar-refractivity contribution in [2.45, 2.75) is 6.42 Å². The number of nitrogens with two attached hydrogens (primary N) is 1. The normalized spacial score (nSPS) is 19.2. The van der Waals surface area contributed by atoms with Crippen molar-refractivity contribution >= 4 is 21.4 Å². The molecule has 6 nitrogen and oxygen atoms in total. The summed E-state index contributed by atoms with van der Waals surface area (Å²) in [6, 6.07) is 3.50. The lowest BCUT2D eigenvalue weighted by Gasteiger charge is -2.21. The zero-order chi connectivity index (χ0) is 13.2. The molecule has 2 heterocycles. The van der Waals surface area contributed by atoms with Crippen LogP contribution in [0.25, 0.3) is 0 Å². The number of nitrogen functional groups attached to an aromatic ring is 1. The van der Waals surface area contributed by atoms with Crippen molar-refractivity contribution in [1.82, 2.24) is 4.98 Å². The lowest BCUT2D eigenvalue weighted by atomic mass is 10.3. The SMILES string of the molecule is N=C(N)c1ccc(N2CCCS(=O)(=O)CC2)cn1. The van der Waals surface area contributed by atoms with Crippen molar-refractivity contribution in [3.05, 3.63) is 24.0 Å². The molecular formula is C11H16N4O2S. The van der Waals surface area contributed by atoms with E-state index in [1.807, 2.05) is 11.0 Å². The van der Waals surface area contributed by atoms with E-state index < -0.39 is 9.84 Å². The summed E-state index contributed by atoms with van der Waals surface area (Å²) in [7, 11) is -2.90. The van der Waals surface area contributed by atoms with Crippen molar-refractivity contribution < 1.29 is 8.42 Å². The van der Waals surface area contributed by atoms with E-state index in [0.29, 0.717) is 25.2 Å². The van der Waals surface area contributed by atoms with Crippen LogP contribution in [0.2, 0.25) is 0 Å². The summed E-state index contributed by atoms with van der Waals surface area (Å²) in [6.07, 6.45) is 2.27. The number of anilines is 1. The summed E-state index contributed by atoms with van der Waals surface area (Å²) in [4.78, 5) is 6.08. The predicted octanol–water partition coefficient (Wildman–Crippen LogP) is -0.00943. The molecule has 0 saturated carbocycles. The molecule has 1 aliphatic heterocycles. The summed E-state index contributed by atoms with van der Waals surface area (Å²) < 4.78 is 23.0. The van der Waals surface area contributed by atoms with Crippen LogP contribution in [-0.4, -0.2) is 43.8 Å². The van der Waals surface area contributed by atoms with Crippen LogP contribution in [0, 0.1) is 5.41 Å². The van der Waals surface area contributed by atoms with Gasteiger partial charge in [-0.25, -0.2) is 8.42 Å². The van der Waals surface area contributed by atoms with Crippen molar-refractivity contribution in [3.8, 4) is 0 Å². The maximum Gasteiger partial charge on any atom is 0.152 e. The molecule has 1 aromatic heterocycles. The molecular weight excluding hydrogens is 252 g/mol. The largest absolute Gasteiger partial charge is 0.382 e. The van der Waals surface area contributed by atoms with E-state index >= 15 is 0 Å². The first-order valence-electron chi connectivity index (χ1n) is 5.74.